The predicted molar refractivity (Wildman–Crippen MR) is 66.6 cm³/mol. The Morgan fingerprint density at radius 2 is 1.94 bits per heavy atom. The number of benzene rings is 1. The van der Waals surface area contributed by atoms with Crippen LogP contribution in [0.25, 0.3) is 0 Å². The van der Waals surface area contributed by atoms with Crippen molar-refractivity contribution in [1.29, 1.82) is 0 Å². The van der Waals surface area contributed by atoms with E-state index in [4.69, 9.17) is 9.47 Å². The number of ether oxygens (including phenoxy) is 2. The third kappa shape index (κ3) is 2.91. The second kappa shape index (κ2) is 4.96. The van der Waals surface area contributed by atoms with E-state index in [1.54, 1.807) is 7.11 Å². The standard InChI is InChI=1S/C14H20O3/c1-11-5-6-12(13(9-11)16-2)17-10-14(15)7-3-4-8-14/h5-6,9,15H,3-4,7-8,10H2,1-2H3. The first-order valence-corrected chi connectivity index (χ1v) is 6.13. The monoisotopic (exact) mass is 236 g/mol. The van der Waals surface area contributed by atoms with E-state index in [0.717, 1.165) is 37.0 Å². The lowest BCUT2D eigenvalue weighted by atomic mass is 10.0. The Balaban J connectivity index is 2.03. The van der Waals surface area contributed by atoms with Crippen molar-refractivity contribution in [2.24, 2.45) is 0 Å². The maximum atomic E-state index is 10.2. The first-order valence-electron chi connectivity index (χ1n) is 6.13. The summed E-state index contributed by atoms with van der Waals surface area (Å²) in [5.41, 5.74) is 0.490. The summed E-state index contributed by atoms with van der Waals surface area (Å²) < 4.78 is 11.0. The van der Waals surface area contributed by atoms with Gasteiger partial charge in [0.15, 0.2) is 11.5 Å². The number of methoxy groups -OCH3 is 1. The van der Waals surface area contributed by atoms with Gasteiger partial charge in [-0.25, -0.2) is 0 Å². The molecule has 1 N–H and O–H groups in total. The van der Waals surface area contributed by atoms with Crippen LogP contribution in [0.15, 0.2) is 18.2 Å². The van der Waals surface area contributed by atoms with Gasteiger partial charge < -0.3 is 14.6 Å². The van der Waals surface area contributed by atoms with Crippen molar-refractivity contribution in [3.8, 4) is 11.5 Å². The highest BCUT2D eigenvalue weighted by Gasteiger charge is 2.32. The van der Waals surface area contributed by atoms with Crippen molar-refractivity contribution < 1.29 is 14.6 Å². The van der Waals surface area contributed by atoms with Crippen molar-refractivity contribution in [2.75, 3.05) is 13.7 Å². The highest BCUT2D eigenvalue weighted by atomic mass is 16.5. The molecule has 3 nitrogen and oxygen atoms in total. The average molecular weight is 236 g/mol. The minimum atomic E-state index is -0.643. The van der Waals surface area contributed by atoms with Crippen molar-refractivity contribution in [1.82, 2.24) is 0 Å². The maximum absolute atomic E-state index is 10.2. The first kappa shape index (κ1) is 12.2. The molecule has 1 aliphatic carbocycles. The highest BCUT2D eigenvalue weighted by Crippen LogP contribution is 2.33. The van der Waals surface area contributed by atoms with Crippen LogP contribution in [0.5, 0.6) is 11.5 Å². The summed E-state index contributed by atoms with van der Waals surface area (Å²) in [5, 5.41) is 10.2. The molecule has 0 unspecified atom stereocenters. The minimum absolute atomic E-state index is 0.354. The Labute approximate surface area is 102 Å². The normalized spacial score (nSPS) is 18.1. The van der Waals surface area contributed by atoms with Crippen LogP contribution in [-0.4, -0.2) is 24.4 Å². The SMILES string of the molecule is COc1cc(C)ccc1OCC1(O)CCCC1. The smallest absolute Gasteiger partial charge is 0.161 e. The Morgan fingerprint density at radius 3 is 2.59 bits per heavy atom. The van der Waals surface area contributed by atoms with E-state index in [1.807, 2.05) is 25.1 Å². The summed E-state index contributed by atoms with van der Waals surface area (Å²) in [6, 6.07) is 5.82. The maximum Gasteiger partial charge on any atom is 0.161 e. The average Bonchev–Trinajstić information content (AvgIpc) is 2.75. The lowest BCUT2D eigenvalue weighted by Crippen LogP contribution is -2.32. The second-order valence-electron chi connectivity index (χ2n) is 4.87. The van der Waals surface area contributed by atoms with Crippen LogP contribution in [-0.2, 0) is 0 Å². The summed E-state index contributed by atoms with van der Waals surface area (Å²) in [6.07, 6.45) is 3.85. The zero-order valence-corrected chi connectivity index (χ0v) is 10.5. The quantitative estimate of drug-likeness (QED) is 0.873. The molecule has 1 aromatic carbocycles. The molecule has 0 saturated heterocycles. The molecule has 0 heterocycles. The van der Waals surface area contributed by atoms with Gasteiger partial charge in [0.1, 0.15) is 6.61 Å². The van der Waals surface area contributed by atoms with Crippen LogP contribution in [0.1, 0.15) is 31.2 Å². The molecule has 0 radical (unpaired) electrons. The van der Waals surface area contributed by atoms with E-state index in [0.29, 0.717) is 12.4 Å². The van der Waals surface area contributed by atoms with E-state index in [-0.39, 0.29) is 0 Å². The Morgan fingerprint density at radius 1 is 1.24 bits per heavy atom. The van der Waals surface area contributed by atoms with Crippen molar-refractivity contribution in [3.05, 3.63) is 23.8 Å². The molecule has 17 heavy (non-hydrogen) atoms. The van der Waals surface area contributed by atoms with Gasteiger partial charge in [0, 0.05) is 0 Å². The summed E-state index contributed by atoms with van der Waals surface area (Å²) >= 11 is 0. The van der Waals surface area contributed by atoms with E-state index in [1.165, 1.54) is 0 Å². The lowest BCUT2D eigenvalue weighted by molar-refractivity contribution is 0.000733. The number of aryl methyl sites for hydroxylation is 1. The zero-order chi connectivity index (χ0) is 12.3. The molecule has 0 bridgehead atoms. The lowest BCUT2D eigenvalue weighted by Gasteiger charge is -2.23. The van der Waals surface area contributed by atoms with Crippen LogP contribution in [0.2, 0.25) is 0 Å². The van der Waals surface area contributed by atoms with Gasteiger partial charge in [-0.1, -0.05) is 18.9 Å². The molecular weight excluding hydrogens is 216 g/mol. The molecule has 1 aliphatic rings. The van der Waals surface area contributed by atoms with Gasteiger partial charge in [-0.2, -0.15) is 0 Å². The van der Waals surface area contributed by atoms with Crippen LogP contribution in [0, 0.1) is 6.92 Å². The van der Waals surface area contributed by atoms with Crippen molar-refractivity contribution in [2.45, 2.75) is 38.2 Å². The predicted octanol–water partition coefficient (Wildman–Crippen LogP) is 2.69. The molecule has 1 fully saturated rings. The Bertz CT molecular complexity index is 381. The van der Waals surface area contributed by atoms with Crippen molar-refractivity contribution in [3.63, 3.8) is 0 Å². The Kier molecular flexibility index (Phi) is 3.57. The van der Waals surface area contributed by atoms with E-state index in [9.17, 15) is 5.11 Å². The molecule has 2 rings (SSSR count). The van der Waals surface area contributed by atoms with Crippen molar-refractivity contribution >= 4 is 0 Å². The molecule has 0 amide bonds. The fraction of sp³-hybridized carbons (Fsp3) is 0.571. The summed E-state index contributed by atoms with van der Waals surface area (Å²) in [7, 11) is 1.63. The van der Waals surface area contributed by atoms with E-state index >= 15 is 0 Å². The summed E-state index contributed by atoms with van der Waals surface area (Å²) in [6.45, 7) is 2.36. The first-order chi connectivity index (χ1) is 8.13. The third-order valence-corrected chi connectivity index (χ3v) is 3.35. The fourth-order valence-corrected chi connectivity index (χ4v) is 2.28. The van der Waals surface area contributed by atoms with Gasteiger partial charge in [0.2, 0.25) is 0 Å². The van der Waals surface area contributed by atoms with E-state index in [2.05, 4.69) is 0 Å². The number of hydrogen-bond acceptors (Lipinski definition) is 3. The Hall–Kier alpha value is -1.22. The van der Waals surface area contributed by atoms with Crippen LogP contribution >= 0.6 is 0 Å². The summed E-state index contributed by atoms with van der Waals surface area (Å²) in [5.74, 6) is 1.44. The van der Waals surface area contributed by atoms with Gasteiger partial charge in [-0.05, 0) is 37.5 Å². The molecule has 0 aromatic heterocycles. The van der Waals surface area contributed by atoms with Crippen LogP contribution in [0.4, 0.5) is 0 Å². The van der Waals surface area contributed by atoms with Gasteiger partial charge in [0.25, 0.3) is 0 Å². The second-order valence-corrected chi connectivity index (χ2v) is 4.87. The van der Waals surface area contributed by atoms with Gasteiger partial charge in [0.05, 0.1) is 12.7 Å². The number of rotatable bonds is 4. The van der Waals surface area contributed by atoms with Gasteiger partial charge in [-0.3, -0.25) is 0 Å². The van der Waals surface area contributed by atoms with Gasteiger partial charge in [-0.15, -0.1) is 0 Å². The minimum Gasteiger partial charge on any atom is -0.493 e. The third-order valence-electron chi connectivity index (χ3n) is 3.35. The van der Waals surface area contributed by atoms with Crippen LogP contribution in [0.3, 0.4) is 0 Å². The molecule has 1 saturated carbocycles. The molecular formula is C14H20O3. The molecule has 0 aliphatic heterocycles. The van der Waals surface area contributed by atoms with Crippen LogP contribution < -0.4 is 9.47 Å². The molecule has 94 valence electrons. The van der Waals surface area contributed by atoms with E-state index < -0.39 is 5.60 Å². The fourth-order valence-electron chi connectivity index (χ4n) is 2.28. The topological polar surface area (TPSA) is 38.7 Å². The van der Waals surface area contributed by atoms with Gasteiger partial charge >= 0.3 is 0 Å². The molecule has 0 spiro atoms. The highest BCUT2D eigenvalue weighted by molar-refractivity contribution is 5.42. The molecule has 1 aromatic rings. The molecule has 0 atom stereocenters. The number of aliphatic hydroxyl groups is 1. The summed E-state index contributed by atoms with van der Waals surface area (Å²) in [4.78, 5) is 0. The number of hydrogen-bond donors (Lipinski definition) is 1. The zero-order valence-electron chi connectivity index (χ0n) is 10.5. The molecule has 3 heteroatoms. The largest absolute Gasteiger partial charge is 0.493 e.